The highest BCUT2D eigenvalue weighted by molar-refractivity contribution is 7.47. The quantitative estimate of drug-likeness (QED) is 0.181. The van der Waals surface area contributed by atoms with E-state index in [-0.39, 0.29) is 18.8 Å². The van der Waals surface area contributed by atoms with Crippen LogP contribution in [0.4, 0.5) is 5.82 Å². The molecule has 3 rings (SSSR count). The van der Waals surface area contributed by atoms with Gasteiger partial charge in [0.05, 0.1) is 19.5 Å². The summed E-state index contributed by atoms with van der Waals surface area (Å²) in [5.74, 6) is 0.359. The summed E-state index contributed by atoms with van der Waals surface area (Å²) >= 11 is 0. The number of rotatable bonds is 12. The van der Waals surface area contributed by atoms with Gasteiger partial charge in [-0.1, -0.05) is 6.08 Å². The van der Waals surface area contributed by atoms with Crippen molar-refractivity contribution < 1.29 is 52.0 Å². The summed E-state index contributed by atoms with van der Waals surface area (Å²) in [7, 11) is -6.31. The number of aliphatic hydroxyl groups is 2. The Morgan fingerprint density at radius 1 is 1.14 bits per heavy atom. The van der Waals surface area contributed by atoms with Crippen molar-refractivity contribution in [2.45, 2.75) is 31.5 Å². The summed E-state index contributed by atoms with van der Waals surface area (Å²) in [5, 5.41) is 23.8. The maximum absolute atomic E-state index is 11.5. The molecule has 0 saturated carbocycles. The van der Waals surface area contributed by atoms with E-state index in [4.69, 9.17) is 13.8 Å². The van der Waals surface area contributed by atoms with E-state index in [2.05, 4.69) is 29.3 Å². The Morgan fingerprint density at radius 3 is 2.51 bits per heavy atom. The van der Waals surface area contributed by atoms with Gasteiger partial charge in [-0.05, 0) is 12.5 Å². The molecular weight excluding hydrogens is 512 g/mol. The van der Waals surface area contributed by atoms with Gasteiger partial charge in [-0.15, -0.1) is 0 Å². The molecule has 2 aromatic rings. The van der Waals surface area contributed by atoms with Gasteiger partial charge in [0, 0.05) is 20.8 Å². The molecule has 2 unspecified atom stereocenters. The smallest absolute Gasteiger partial charge is 0.387 e. The highest BCUT2D eigenvalue weighted by Crippen LogP contribution is 2.43. The molecule has 0 radical (unpaired) electrons. The van der Waals surface area contributed by atoms with E-state index in [1.54, 1.807) is 13.0 Å². The number of aliphatic hydroxyl groups excluding tert-OH is 2. The average molecular weight is 539 g/mol. The lowest BCUT2D eigenvalue weighted by Gasteiger charge is -2.17. The molecule has 18 heteroatoms. The summed E-state index contributed by atoms with van der Waals surface area (Å²) < 4.78 is 48.1. The van der Waals surface area contributed by atoms with Gasteiger partial charge in [-0.25, -0.2) is 24.1 Å². The molecule has 6 atom stereocenters. The summed E-state index contributed by atoms with van der Waals surface area (Å²) in [6.45, 7) is 1.36. The predicted octanol–water partition coefficient (Wildman–Crippen LogP) is 0.330. The molecule has 16 nitrogen and oxygen atoms in total. The van der Waals surface area contributed by atoms with Crippen molar-refractivity contribution in [3.8, 4) is 0 Å². The van der Waals surface area contributed by atoms with Gasteiger partial charge in [0.25, 0.3) is 0 Å². The van der Waals surface area contributed by atoms with Crippen molar-refractivity contribution in [1.82, 2.24) is 19.5 Å². The molecule has 3 heterocycles. The minimum absolute atomic E-state index is 0.114. The van der Waals surface area contributed by atoms with Crippen LogP contribution >= 0.6 is 15.6 Å². The van der Waals surface area contributed by atoms with Crippen molar-refractivity contribution in [2.75, 3.05) is 39.3 Å². The van der Waals surface area contributed by atoms with Gasteiger partial charge < -0.3 is 30.1 Å². The van der Waals surface area contributed by atoms with Gasteiger partial charge in [0.1, 0.15) is 24.6 Å². The first-order valence-electron chi connectivity index (χ1n) is 10.1. The van der Waals surface area contributed by atoms with Crippen LogP contribution in [-0.2, 0) is 32.0 Å². The molecule has 35 heavy (non-hydrogen) atoms. The van der Waals surface area contributed by atoms with Crippen LogP contribution in [0.1, 0.15) is 13.2 Å². The second-order valence-electron chi connectivity index (χ2n) is 7.40. The molecule has 1 aliphatic rings. The van der Waals surface area contributed by atoms with Crippen molar-refractivity contribution in [2.24, 2.45) is 0 Å². The summed E-state index contributed by atoms with van der Waals surface area (Å²) in [5.41, 5.74) is 1.29. The van der Waals surface area contributed by atoms with E-state index in [1.807, 2.05) is 0 Å². The van der Waals surface area contributed by atoms with Gasteiger partial charge >= 0.3 is 15.6 Å². The van der Waals surface area contributed by atoms with Crippen molar-refractivity contribution >= 4 is 32.6 Å². The molecule has 196 valence electrons. The first-order valence-corrected chi connectivity index (χ1v) is 13.1. The Morgan fingerprint density at radius 2 is 1.83 bits per heavy atom. The van der Waals surface area contributed by atoms with Gasteiger partial charge in [0.2, 0.25) is 0 Å². The Hall–Kier alpha value is -1.81. The lowest BCUT2D eigenvalue weighted by atomic mass is 10.1. The molecule has 0 aromatic carbocycles. The summed E-state index contributed by atoms with van der Waals surface area (Å²) in [6, 6.07) is 0. The van der Waals surface area contributed by atoms with E-state index in [9.17, 15) is 29.1 Å². The van der Waals surface area contributed by atoms with E-state index < -0.39 is 46.8 Å². The Bertz CT molecular complexity index is 1140. The van der Waals surface area contributed by atoms with Gasteiger partial charge in [0.15, 0.2) is 23.2 Å². The van der Waals surface area contributed by atoms with Gasteiger partial charge in [-0.3, -0.25) is 22.7 Å². The lowest BCUT2D eigenvalue weighted by Crippen LogP contribution is -2.33. The molecule has 1 saturated heterocycles. The molecule has 0 spiro atoms. The first-order chi connectivity index (χ1) is 16.5. The summed E-state index contributed by atoms with van der Waals surface area (Å²) in [6.07, 6.45) is -0.734. The number of hydrogen-bond acceptors (Lipinski definition) is 13. The third-order valence-corrected chi connectivity index (χ3v) is 6.86. The van der Waals surface area contributed by atoms with Crippen LogP contribution < -0.4 is 5.32 Å². The van der Waals surface area contributed by atoms with E-state index in [0.717, 1.165) is 14.2 Å². The number of phosphoric acid groups is 2. The van der Waals surface area contributed by atoms with Crippen LogP contribution in [0, 0.1) is 0 Å². The van der Waals surface area contributed by atoms with Crippen molar-refractivity contribution in [1.29, 1.82) is 0 Å². The topological polar surface area (TPSA) is 217 Å². The Labute approximate surface area is 199 Å². The second-order valence-corrected chi connectivity index (χ2v) is 10.5. The van der Waals surface area contributed by atoms with Crippen LogP contribution in [0.2, 0.25) is 0 Å². The van der Waals surface area contributed by atoms with E-state index >= 15 is 0 Å². The standard InChI is InChI=1S/C17H27N5O11P2/c1-10(6-31-34(25,26)29-2)4-5-18-15-12-16(20-8-19-15)22(9-21-12)17-14(24)13(23)11(33-17)7-32-35(27,28)30-3/h4,8-9,11,13-14,17,23-24H,5-7H2,1-3H3,(H,25,26)(H,27,28)(H,18,19,20)/b10-4+/t11-,13-,14-,17-/m1/s1. The van der Waals surface area contributed by atoms with Crippen LogP contribution in [0.25, 0.3) is 11.2 Å². The number of hydrogen-bond donors (Lipinski definition) is 5. The zero-order chi connectivity index (χ0) is 25.8. The molecule has 0 amide bonds. The Balaban J connectivity index is 1.69. The van der Waals surface area contributed by atoms with Crippen molar-refractivity contribution in [3.63, 3.8) is 0 Å². The zero-order valence-electron chi connectivity index (χ0n) is 19.0. The minimum Gasteiger partial charge on any atom is -0.387 e. The third-order valence-electron chi connectivity index (χ3n) is 5.01. The van der Waals surface area contributed by atoms with Gasteiger partial charge in [-0.2, -0.15) is 0 Å². The lowest BCUT2D eigenvalue weighted by molar-refractivity contribution is -0.0509. The molecule has 2 aromatic heterocycles. The number of imidazole rings is 1. The number of fused-ring (bicyclic) bond motifs is 1. The molecule has 5 N–H and O–H groups in total. The zero-order valence-corrected chi connectivity index (χ0v) is 20.8. The predicted molar refractivity (Wildman–Crippen MR) is 119 cm³/mol. The summed E-state index contributed by atoms with van der Waals surface area (Å²) in [4.78, 5) is 31.2. The third kappa shape index (κ3) is 6.90. The average Bonchev–Trinajstić information content (AvgIpc) is 3.38. The number of ether oxygens (including phenoxy) is 1. The number of aromatic nitrogens is 4. The fourth-order valence-electron chi connectivity index (χ4n) is 3.10. The number of nitrogens with one attached hydrogen (secondary N) is 1. The largest absolute Gasteiger partial charge is 0.472 e. The normalized spacial score (nSPS) is 26.5. The van der Waals surface area contributed by atoms with Crippen LogP contribution in [0.15, 0.2) is 24.3 Å². The van der Waals surface area contributed by atoms with Crippen molar-refractivity contribution in [3.05, 3.63) is 24.3 Å². The molecule has 0 aliphatic carbocycles. The SMILES string of the molecule is COP(=O)(O)OC/C(C)=C/CNc1ncnc2c1ncn2[C@@H]1O[C@H](COP(=O)(O)OC)[C@@H](O)[C@H]1O. The molecule has 1 fully saturated rings. The fraction of sp³-hybridized carbons (Fsp3) is 0.588. The maximum atomic E-state index is 11.5. The minimum atomic E-state index is -4.30. The van der Waals surface area contributed by atoms with E-state index in [0.29, 0.717) is 16.9 Å². The van der Waals surface area contributed by atoms with Crippen LogP contribution in [0.5, 0.6) is 0 Å². The molecule has 0 bridgehead atoms. The highest BCUT2D eigenvalue weighted by atomic mass is 31.2. The van der Waals surface area contributed by atoms with Crippen LogP contribution in [-0.4, -0.2) is 91.8 Å². The second kappa shape index (κ2) is 11.5. The highest BCUT2D eigenvalue weighted by Gasteiger charge is 2.45. The molecule has 1 aliphatic heterocycles. The maximum Gasteiger partial charge on any atom is 0.472 e. The van der Waals surface area contributed by atoms with E-state index in [1.165, 1.54) is 17.2 Å². The van der Waals surface area contributed by atoms with Crippen LogP contribution in [0.3, 0.4) is 0 Å². The number of phosphoric ester groups is 2. The fourth-order valence-corrected chi connectivity index (χ4v) is 4.01. The first kappa shape index (κ1) is 27.8. The number of anilines is 1. The molecular formula is C17H27N5O11P2. The monoisotopic (exact) mass is 539 g/mol. The Kier molecular flexibility index (Phi) is 9.12. The number of nitrogens with zero attached hydrogens (tertiary/aromatic N) is 4.